The highest BCUT2D eigenvalue weighted by Gasteiger charge is 2.09. The Morgan fingerprint density at radius 3 is 2.52 bits per heavy atom. The third-order valence-electron chi connectivity index (χ3n) is 3.97. The SMILES string of the molecule is O=C(COn1nnc2ccc(Cl)cc21)Nc1ccc(-c2ccccc2)cc1. The molecule has 0 spiro atoms. The molecule has 4 aromatic rings. The van der Waals surface area contributed by atoms with E-state index in [1.165, 1.54) is 4.85 Å². The molecule has 3 aromatic carbocycles. The van der Waals surface area contributed by atoms with Crippen LogP contribution in [0.1, 0.15) is 0 Å². The molecule has 7 heteroatoms. The molecule has 0 radical (unpaired) electrons. The van der Waals surface area contributed by atoms with Crippen molar-refractivity contribution in [2.45, 2.75) is 0 Å². The molecule has 1 amide bonds. The lowest BCUT2D eigenvalue weighted by Gasteiger charge is -2.08. The van der Waals surface area contributed by atoms with E-state index >= 15 is 0 Å². The lowest BCUT2D eigenvalue weighted by atomic mass is 10.1. The zero-order valence-corrected chi connectivity index (χ0v) is 14.9. The highest BCUT2D eigenvalue weighted by Crippen LogP contribution is 2.21. The zero-order chi connectivity index (χ0) is 18.6. The molecule has 0 saturated carbocycles. The summed E-state index contributed by atoms with van der Waals surface area (Å²) in [6.45, 7) is -0.203. The first-order chi connectivity index (χ1) is 13.2. The maximum absolute atomic E-state index is 12.1. The summed E-state index contributed by atoms with van der Waals surface area (Å²) in [7, 11) is 0. The van der Waals surface area contributed by atoms with Gasteiger partial charge in [-0.05, 0) is 46.7 Å². The molecular weight excluding hydrogens is 364 g/mol. The van der Waals surface area contributed by atoms with Crippen LogP contribution < -0.4 is 10.2 Å². The van der Waals surface area contributed by atoms with Crippen molar-refractivity contribution in [3.05, 3.63) is 77.8 Å². The lowest BCUT2D eigenvalue weighted by Crippen LogP contribution is -2.26. The maximum Gasteiger partial charge on any atom is 0.265 e. The summed E-state index contributed by atoms with van der Waals surface area (Å²) in [6, 6.07) is 22.8. The first kappa shape index (κ1) is 17.1. The number of carbonyl (C=O) groups excluding carboxylic acids is 1. The second-order valence-electron chi connectivity index (χ2n) is 5.86. The fourth-order valence-corrected chi connectivity index (χ4v) is 2.83. The first-order valence-corrected chi connectivity index (χ1v) is 8.66. The zero-order valence-electron chi connectivity index (χ0n) is 14.2. The second kappa shape index (κ2) is 7.47. The van der Waals surface area contributed by atoms with Crippen molar-refractivity contribution in [2.75, 3.05) is 11.9 Å². The number of aromatic nitrogens is 3. The van der Waals surface area contributed by atoms with E-state index < -0.39 is 0 Å². The highest BCUT2D eigenvalue weighted by atomic mass is 35.5. The van der Waals surface area contributed by atoms with Gasteiger partial charge in [0.1, 0.15) is 11.0 Å². The third-order valence-corrected chi connectivity index (χ3v) is 4.21. The minimum Gasteiger partial charge on any atom is -0.385 e. The number of carbonyl (C=O) groups is 1. The van der Waals surface area contributed by atoms with Gasteiger partial charge in [0, 0.05) is 10.7 Å². The van der Waals surface area contributed by atoms with Crippen LogP contribution >= 0.6 is 11.6 Å². The Bertz CT molecular complexity index is 1080. The average Bonchev–Trinajstić information content (AvgIpc) is 3.10. The van der Waals surface area contributed by atoms with Gasteiger partial charge in [0.05, 0.1) is 0 Å². The van der Waals surface area contributed by atoms with Crippen LogP contribution in [0.25, 0.3) is 22.2 Å². The summed E-state index contributed by atoms with van der Waals surface area (Å²) in [5, 5.41) is 11.2. The van der Waals surface area contributed by atoms with E-state index in [1.807, 2.05) is 54.6 Å². The van der Waals surface area contributed by atoms with Gasteiger partial charge in [-0.1, -0.05) is 58.9 Å². The molecule has 0 aliphatic rings. The van der Waals surface area contributed by atoms with Crippen LogP contribution in [0.2, 0.25) is 5.02 Å². The molecule has 0 atom stereocenters. The van der Waals surface area contributed by atoms with Crippen molar-refractivity contribution in [2.24, 2.45) is 0 Å². The van der Waals surface area contributed by atoms with E-state index in [2.05, 4.69) is 15.6 Å². The van der Waals surface area contributed by atoms with Gasteiger partial charge in [-0.25, -0.2) is 0 Å². The van der Waals surface area contributed by atoms with Crippen LogP contribution in [0.3, 0.4) is 0 Å². The number of anilines is 1. The predicted molar refractivity (Wildman–Crippen MR) is 104 cm³/mol. The van der Waals surface area contributed by atoms with Gasteiger partial charge in [0.2, 0.25) is 0 Å². The fraction of sp³-hybridized carbons (Fsp3) is 0.0500. The van der Waals surface area contributed by atoms with Gasteiger partial charge >= 0.3 is 0 Å². The topological polar surface area (TPSA) is 69.0 Å². The summed E-state index contributed by atoms with van der Waals surface area (Å²) in [5.74, 6) is -0.298. The van der Waals surface area contributed by atoms with Gasteiger partial charge in [0.15, 0.2) is 6.61 Å². The molecule has 4 rings (SSSR count). The molecule has 0 aliphatic heterocycles. The monoisotopic (exact) mass is 378 g/mol. The number of rotatable bonds is 5. The number of hydrogen-bond acceptors (Lipinski definition) is 4. The Kier molecular flexibility index (Phi) is 4.72. The Morgan fingerprint density at radius 2 is 1.74 bits per heavy atom. The standard InChI is InChI=1S/C20H15ClN4O2/c21-16-8-11-18-19(12-16)25(24-23-18)27-13-20(26)22-17-9-6-15(7-10-17)14-4-2-1-3-5-14/h1-12H,13H2,(H,22,26). The van der Waals surface area contributed by atoms with Crippen LogP contribution in [0.5, 0.6) is 0 Å². The van der Waals surface area contributed by atoms with E-state index in [-0.39, 0.29) is 12.5 Å². The van der Waals surface area contributed by atoms with Crippen molar-refractivity contribution < 1.29 is 9.63 Å². The van der Waals surface area contributed by atoms with Crippen LogP contribution in [0, 0.1) is 0 Å². The fourth-order valence-electron chi connectivity index (χ4n) is 2.66. The number of fused-ring (bicyclic) bond motifs is 1. The van der Waals surface area contributed by atoms with Gasteiger partial charge in [-0.15, -0.1) is 5.10 Å². The predicted octanol–water partition coefficient (Wildman–Crippen LogP) is 3.82. The molecule has 0 saturated heterocycles. The average molecular weight is 379 g/mol. The summed E-state index contributed by atoms with van der Waals surface area (Å²) < 4.78 is 0. The van der Waals surface area contributed by atoms with Crippen molar-refractivity contribution in [3.8, 4) is 11.1 Å². The molecule has 0 fully saturated rings. The molecule has 1 N–H and O–H groups in total. The number of nitrogens with zero attached hydrogens (tertiary/aromatic N) is 3. The molecule has 6 nitrogen and oxygen atoms in total. The Labute approximate surface area is 160 Å². The minimum absolute atomic E-state index is 0.203. The summed E-state index contributed by atoms with van der Waals surface area (Å²) in [4.78, 5) is 18.7. The Balaban J connectivity index is 1.38. The first-order valence-electron chi connectivity index (χ1n) is 8.29. The number of halogens is 1. The Morgan fingerprint density at radius 1 is 1.00 bits per heavy atom. The molecule has 27 heavy (non-hydrogen) atoms. The van der Waals surface area contributed by atoms with E-state index in [1.54, 1.807) is 18.2 Å². The molecule has 0 bridgehead atoms. The molecule has 1 aromatic heterocycles. The highest BCUT2D eigenvalue weighted by molar-refractivity contribution is 6.31. The van der Waals surface area contributed by atoms with Gasteiger partial charge in [-0.3, -0.25) is 4.79 Å². The second-order valence-corrected chi connectivity index (χ2v) is 6.30. The number of hydrogen-bond donors (Lipinski definition) is 1. The van der Waals surface area contributed by atoms with Crippen molar-refractivity contribution >= 4 is 34.2 Å². The van der Waals surface area contributed by atoms with Gasteiger partial charge in [0.25, 0.3) is 5.91 Å². The van der Waals surface area contributed by atoms with E-state index in [0.717, 1.165) is 11.1 Å². The van der Waals surface area contributed by atoms with Crippen LogP contribution in [0.15, 0.2) is 72.8 Å². The van der Waals surface area contributed by atoms with Crippen LogP contribution in [-0.4, -0.2) is 27.7 Å². The molecule has 134 valence electrons. The normalized spacial score (nSPS) is 10.7. The van der Waals surface area contributed by atoms with Crippen LogP contribution in [0.4, 0.5) is 5.69 Å². The largest absolute Gasteiger partial charge is 0.385 e. The van der Waals surface area contributed by atoms with Crippen molar-refractivity contribution in [1.82, 2.24) is 15.2 Å². The summed E-state index contributed by atoms with van der Waals surface area (Å²) >= 11 is 5.97. The number of benzene rings is 3. The molecule has 0 aliphatic carbocycles. The summed E-state index contributed by atoms with van der Waals surface area (Å²) in [6.07, 6.45) is 0. The van der Waals surface area contributed by atoms with Gasteiger partial charge < -0.3 is 10.2 Å². The third kappa shape index (κ3) is 3.91. The van der Waals surface area contributed by atoms with Gasteiger partial charge in [-0.2, -0.15) is 0 Å². The maximum atomic E-state index is 12.1. The molecule has 0 unspecified atom stereocenters. The van der Waals surface area contributed by atoms with Crippen LogP contribution in [-0.2, 0) is 4.79 Å². The van der Waals surface area contributed by atoms with E-state index in [0.29, 0.717) is 21.7 Å². The smallest absolute Gasteiger partial charge is 0.265 e. The van der Waals surface area contributed by atoms with Crippen molar-refractivity contribution in [3.63, 3.8) is 0 Å². The number of nitrogens with one attached hydrogen (secondary N) is 1. The number of amides is 1. The molecular formula is C20H15ClN4O2. The minimum atomic E-state index is -0.298. The summed E-state index contributed by atoms with van der Waals surface area (Å²) in [5.41, 5.74) is 4.12. The van der Waals surface area contributed by atoms with E-state index in [4.69, 9.17) is 16.4 Å². The molecule has 1 heterocycles. The Hall–Kier alpha value is -3.38. The quantitative estimate of drug-likeness (QED) is 0.573. The lowest BCUT2D eigenvalue weighted by molar-refractivity contribution is -0.121. The van der Waals surface area contributed by atoms with Crippen molar-refractivity contribution in [1.29, 1.82) is 0 Å². The van der Waals surface area contributed by atoms with E-state index in [9.17, 15) is 4.79 Å².